The molecule has 2 atom stereocenters. The van der Waals surface area contributed by atoms with Gasteiger partial charge in [-0.15, -0.1) is 0 Å². The number of anilines is 1. The predicted octanol–water partition coefficient (Wildman–Crippen LogP) is 1.82. The van der Waals surface area contributed by atoms with Crippen molar-refractivity contribution in [1.29, 1.82) is 0 Å². The Morgan fingerprint density at radius 3 is 2.93 bits per heavy atom. The van der Waals surface area contributed by atoms with Crippen LogP contribution < -0.4 is 5.32 Å². The van der Waals surface area contributed by atoms with Crippen molar-refractivity contribution in [3.63, 3.8) is 0 Å². The van der Waals surface area contributed by atoms with E-state index in [2.05, 4.69) is 5.32 Å². The molecular weight excluding hydrogens is 214 g/mol. The van der Waals surface area contributed by atoms with Crippen molar-refractivity contribution < 1.29 is 9.84 Å². The Labute approximate surface area is 94.0 Å². The number of aliphatic hydroxyl groups excluding tert-OH is 1. The Hall–Kier alpha value is -0.770. The standard InChI is InChI=1S/C11H14ClNO2/c1-7-8(12)3-2-4-9(7)13-10-5-15-6-11(10)14/h2-4,10-11,13-14H,5-6H2,1H3/t10-,11-/m1/s1. The highest BCUT2D eigenvalue weighted by Gasteiger charge is 2.26. The van der Waals surface area contributed by atoms with Gasteiger partial charge in [0.25, 0.3) is 0 Å². The molecule has 0 saturated carbocycles. The highest BCUT2D eigenvalue weighted by Crippen LogP contribution is 2.24. The van der Waals surface area contributed by atoms with Gasteiger partial charge in [-0.1, -0.05) is 17.7 Å². The summed E-state index contributed by atoms with van der Waals surface area (Å²) in [6.45, 7) is 2.89. The van der Waals surface area contributed by atoms with E-state index in [1.54, 1.807) is 0 Å². The molecule has 82 valence electrons. The summed E-state index contributed by atoms with van der Waals surface area (Å²) in [6, 6.07) is 5.65. The number of nitrogens with one attached hydrogen (secondary N) is 1. The lowest BCUT2D eigenvalue weighted by Gasteiger charge is -2.18. The molecule has 2 N–H and O–H groups in total. The SMILES string of the molecule is Cc1c(Cl)cccc1N[C@@H]1COC[C@H]1O. The van der Waals surface area contributed by atoms with Gasteiger partial charge in [0.15, 0.2) is 0 Å². The van der Waals surface area contributed by atoms with Crippen molar-refractivity contribution in [2.45, 2.75) is 19.1 Å². The van der Waals surface area contributed by atoms with Gasteiger partial charge in [0.2, 0.25) is 0 Å². The van der Waals surface area contributed by atoms with Gasteiger partial charge in [-0.25, -0.2) is 0 Å². The summed E-state index contributed by atoms with van der Waals surface area (Å²) in [5.41, 5.74) is 1.95. The lowest BCUT2D eigenvalue weighted by atomic mass is 10.1. The van der Waals surface area contributed by atoms with Gasteiger partial charge in [0, 0.05) is 10.7 Å². The topological polar surface area (TPSA) is 41.5 Å². The average Bonchev–Trinajstić information content (AvgIpc) is 2.60. The van der Waals surface area contributed by atoms with Gasteiger partial charge in [0.05, 0.1) is 25.4 Å². The zero-order valence-corrected chi connectivity index (χ0v) is 9.29. The van der Waals surface area contributed by atoms with Crippen molar-refractivity contribution >= 4 is 17.3 Å². The highest BCUT2D eigenvalue weighted by atomic mass is 35.5. The Morgan fingerprint density at radius 1 is 1.47 bits per heavy atom. The monoisotopic (exact) mass is 227 g/mol. The number of hydrogen-bond acceptors (Lipinski definition) is 3. The maximum atomic E-state index is 9.59. The summed E-state index contributed by atoms with van der Waals surface area (Å²) in [6.07, 6.45) is -0.441. The van der Waals surface area contributed by atoms with Crippen molar-refractivity contribution in [2.24, 2.45) is 0 Å². The minimum absolute atomic E-state index is 0.0397. The quantitative estimate of drug-likeness (QED) is 0.810. The normalized spacial score (nSPS) is 25.5. The molecule has 1 aromatic rings. The first-order chi connectivity index (χ1) is 7.18. The van der Waals surface area contributed by atoms with E-state index in [1.807, 2.05) is 25.1 Å². The third-order valence-corrected chi connectivity index (χ3v) is 3.07. The summed E-state index contributed by atoms with van der Waals surface area (Å²) in [7, 11) is 0. The summed E-state index contributed by atoms with van der Waals surface area (Å²) < 4.78 is 5.17. The molecular formula is C11H14ClNO2. The van der Waals surface area contributed by atoms with Crippen molar-refractivity contribution in [2.75, 3.05) is 18.5 Å². The third kappa shape index (κ3) is 2.25. The Bertz CT molecular complexity index is 356. The van der Waals surface area contributed by atoms with Crippen LogP contribution in [0.15, 0.2) is 18.2 Å². The molecule has 1 aliphatic rings. The minimum Gasteiger partial charge on any atom is -0.388 e. The largest absolute Gasteiger partial charge is 0.388 e. The molecule has 0 unspecified atom stereocenters. The summed E-state index contributed by atoms with van der Waals surface area (Å²) in [4.78, 5) is 0. The molecule has 0 aliphatic carbocycles. The second-order valence-electron chi connectivity index (χ2n) is 3.77. The van der Waals surface area contributed by atoms with Gasteiger partial charge >= 0.3 is 0 Å². The second kappa shape index (κ2) is 4.39. The molecule has 0 amide bonds. The van der Waals surface area contributed by atoms with Crippen molar-refractivity contribution in [1.82, 2.24) is 0 Å². The van der Waals surface area contributed by atoms with Crippen LogP contribution in [0.2, 0.25) is 5.02 Å². The summed E-state index contributed by atoms with van der Waals surface area (Å²) >= 11 is 6.00. The first-order valence-corrected chi connectivity index (χ1v) is 5.34. The van der Waals surface area contributed by atoms with E-state index in [0.29, 0.717) is 13.2 Å². The minimum atomic E-state index is -0.441. The van der Waals surface area contributed by atoms with E-state index < -0.39 is 6.10 Å². The molecule has 1 heterocycles. The van der Waals surface area contributed by atoms with Crippen LogP contribution in [-0.4, -0.2) is 30.5 Å². The van der Waals surface area contributed by atoms with Crippen molar-refractivity contribution in [3.8, 4) is 0 Å². The van der Waals surface area contributed by atoms with Crippen LogP contribution in [-0.2, 0) is 4.74 Å². The van der Waals surface area contributed by atoms with Crippen molar-refractivity contribution in [3.05, 3.63) is 28.8 Å². The van der Waals surface area contributed by atoms with E-state index in [0.717, 1.165) is 16.3 Å². The van der Waals surface area contributed by atoms with Gasteiger partial charge in [-0.3, -0.25) is 0 Å². The predicted molar refractivity (Wildman–Crippen MR) is 60.4 cm³/mol. The first-order valence-electron chi connectivity index (χ1n) is 4.96. The van der Waals surface area contributed by atoms with E-state index >= 15 is 0 Å². The molecule has 0 aromatic heterocycles. The van der Waals surface area contributed by atoms with Crippen LogP contribution in [0.3, 0.4) is 0 Å². The van der Waals surface area contributed by atoms with Gasteiger partial charge in [-0.05, 0) is 24.6 Å². The van der Waals surface area contributed by atoms with E-state index in [1.165, 1.54) is 0 Å². The van der Waals surface area contributed by atoms with Crippen LogP contribution in [0.1, 0.15) is 5.56 Å². The van der Waals surface area contributed by atoms with Crippen LogP contribution in [0.4, 0.5) is 5.69 Å². The number of benzene rings is 1. The Morgan fingerprint density at radius 2 is 2.27 bits per heavy atom. The number of aliphatic hydroxyl groups is 1. The summed E-state index contributed by atoms with van der Waals surface area (Å²) in [5, 5.41) is 13.6. The van der Waals surface area contributed by atoms with Gasteiger partial charge in [0.1, 0.15) is 0 Å². The van der Waals surface area contributed by atoms with Crippen LogP contribution in [0.25, 0.3) is 0 Å². The molecule has 0 bridgehead atoms. The van der Waals surface area contributed by atoms with Gasteiger partial charge in [-0.2, -0.15) is 0 Å². The van der Waals surface area contributed by atoms with Crippen LogP contribution >= 0.6 is 11.6 Å². The maximum absolute atomic E-state index is 9.59. The third-order valence-electron chi connectivity index (χ3n) is 2.66. The smallest absolute Gasteiger partial charge is 0.0996 e. The fourth-order valence-electron chi connectivity index (χ4n) is 1.64. The number of halogens is 1. The molecule has 2 rings (SSSR count). The molecule has 1 aliphatic heterocycles. The highest BCUT2D eigenvalue weighted by molar-refractivity contribution is 6.31. The number of hydrogen-bond donors (Lipinski definition) is 2. The number of ether oxygens (including phenoxy) is 1. The van der Waals surface area contributed by atoms with Crippen LogP contribution in [0.5, 0.6) is 0 Å². The fraction of sp³-hybridized carbons (Fsp3) is 0.455. The number of rotatable bonds is 2. The van der Waals surface area contributed by atoms with Crippen LogP contribution in [0, 0.1) is 6.92 Å². The maximum Gasteiger partial charge on any atom is 0.0996 e. The first kappa shape index (κ1) is 10.7. The Balaban J connectivity index is 2.13. The molecule has 1 saturated heterocycles. The zero-order chi connectivity index (χ0) is 10.8. The fourth-order valence-corrected chi connectivity index (χ4v) is 1.82. The van der Waals surface area contributed by atoms with Gasteiger partial charge < -0.3 is 15.2 Å². The lowest BCUT2D eigenvalue weighted by molar-refractivity contribution is 0.125. The molecule has 4 heteroatoms. The molecule has 15 heavy (non-hydrogen) atoms. The molecule has 3 nitrogen and oxygen atoms in total. The van der Waals surface area contributed by atoms with E-state index in [4.69, 9.17) is 16.3 Å². The van der Waals surface area contributed by atoms with E-state index in [-0.39, 0.29) is 6.04 Å². The Kier molecular flexibility index (Phi) is 3.14. The molecule has 1 fully saturated rings. The average molecular weight is 228 g/mol. The summed E-state index contributed by atoms with van der Waals surface area (Å²) in [5.74, 6) is 0. The second-order valence-corrected chi connectivity index (χ2v) is 4.18. The molecule has 0 spiro atoms. The lowest BCUT2D eigenvalue weighted by Crippen LogP contribution is -2.32. The molecule has 0 radical (unpaired) electrons. The molecule has 1 aromatic carbocycles. The zero-order valence-electron chi connectivity index (χ0n) is 8.53. The van der Waals surface area contributed by atoms with E-state index in [9.17, 15) is 5.11 Å².